The molecule has 39 heavy (non-hydrogen) atoms. The number of nitrogens with zero attached hydrogens (tertiary/aromatic N) is 2. The Morgan fingerprint density at radius 1 is 1.13 bits per heavy atom. The van der Waals surface area contributed by atoms with Gasteiger partial charge in [-0.3, -0.25) is 14.4 Å². The number of Topliss-reactive ketones (excluding diaryl/α,β-unsaturated/α-hetero) is 1. The number of hydrogen-bond acceptors (Lipinski definition) is 6. The van der Waals surface area contributed by atoms with Gasteiger partial charge in [-0.15, -0.1) is 5.69 Å². The third kappa shape index (κ3) is 7.89. The number of aliphatic hydroxyl groups is 1. The quantitative estimate of drug-likeness (QED) is 0.170. The Morgan fingerprint density at radius 2 is 1.87 bits per heavy atom. The number of aromatic amines is 1. The summed E-state index contributed by atoms with van der Waals surface area (Å²) in [6, 6.07) is 13.6. The number of aldehydes is 1. The van der Waals surface area contributed by atoms with Crippen molar-refractivity contribution in [3.63, 3.8) is 0 Å². The predicted octanol–water partition coefficient (Wildman–Crippen LogP) is 2.53. The van der Waals surface area contributed by atoms with E-state index < -0.39 is 6.17 Å². The van der Waals surface area contributed by atoms with E-state index in [1.54, 1.807) is 37.6 Å². The molecule has 2 aromatic heterocycles. The summed E-state index contributed by atoms with van der Waals surface area (Å²) >= 11 is 6.20. The van der Waals surface area contributed by atoms with E-state index in [0.29, 0.717) is 51.9 Å². The number of rotatable bonds is 10. The van der Waals surface area contributed by atoms with E-state index >= 15 is 0 Å². The molecule has 4 rings (SSSR count). The summed E-state index contributed by atoms with van der Waals surface area (Å²) < 4.78 is 12.4. The standard InChI is InChI=1S/C27H26ClN3O5.CH4O.K/c1-16(33)21-6-4-18(28)12-22(21)23-13-27(34)31(14-25(23)36-3)26(8-9-35-2)30-19-5-7-24-17(10-19)11-20(15-32)29-24;1-2;/h4-7,10-15,26H,8-9H2,1-3H3,(H2,29,30,32,33,34);2H,1H3;/q;;+1/p-1. The first kappa shape index (κ1) is 32.9. The predicted molar refractivity (Wildman–Crippen MR) is 148 cm³/mol. The van der Waals surface area contributed by atoms with E-state index in [1.165, 1.54) is 24.7 Å². The number of aromatic nitrogens is 2. The number of hydrogen-bond donors (Lipinski definition) is 2. The van der Waals surface area contributed by atoms with Crippen molar-refractivity contribution in [2.45, 2.75) is 19.5 Å². The molecule has 0 saturated carbocycles. The van der Waals surface area contributed by atoms with Crippen molar-refractivity contribution in [2.24, 2.45) is 0 Å². The molecule has 2 N–H and O–H groups in total. The Labute approximate surface area is 273 Å². The van der Waals surface area contributed by atoms with E-state index in [4.69, 9.17) is 31.5 Å². The van der Waals surface area contributed by atoms with Crippen LogP contribution in [0.3, 0.4) is 0 Å². The zero-order chi connectivity index (χ0) is 27.8. The van der Waals surface area contributed by atoms with Gasteiger partial charge in [0, 0.05) is 54.8 Å². The molecule has 1 atom stereocenters. The first-order chi connectivity index (χ1) is 18.3. The molecule has 11 heteroatoms. The van der Waals surface area contributed by atoms with Crippen LogP contribution in [0.5, 0.6) is 5.75 Å². The monoisotopic (exact) mass is 577 g/mol. The van der Waals surface area contributed by atoms with Crippen molar-refractivity contribution in [3.8, 4) is 16.9 Å². The van der Waals surface area contributed by atoms with Gasteiger partial charge in [0.15, 0.2) is 12.1 Å². The van der Waals surface area contributed by atoms with Gasteiger partial charge in [0.2, 0.25) is 5.56 Å². The van der Waals surface area contributed by atoms with E-state index in [0.717, 1.165) is 24.3 Å². The SMILES string of the molecule is CO.COCCC([N-]c1ccc2[nH]c(C=O)cc2c1)n1cc(OC)c(-c2cc(Cl)ccc2C(C)=O)cc1=O.[K+]. The van der Waals surface area contributed by atoms with Crippen molar-refractivity contribution < 1.29 is 75.6 Å². The van der Waals surface area contributed by atoms with Crippen molar-refractivity contribution in [3.05, 3.63) is 86.7 Å². The smallest absolute Gasteiger partial charge is 0.665 e. The molecule has 0 spiro atoms. The van der Waals surface area contributed by atoms with Crippen LogP contribution in [-0.2, 0) is 4.74 Å². The maximum atomic E-state index is 13.3. The fraction of sp³-hybridized carbons (Fsp3) is 0.250. The Bertz CT molecular complexity index is 1500. The average molecular weight is 578 g/mol. The molecule has 0 bridgehead atoms. The summed E-state index contributed by atoms with van der Waals surface area (Å²) in [7, 11) is 4.08. The third-order valence-corrected chi connectivity index (χ3v) is 6.10. The topological polar surface area (TPSA) is 125 Å². The second kappa shape index (κ2) is 15.5. The Kier molecular flexibility index (Phi) is 13.1. The molecule has 0 amide bonds. The first-order valence-electron chi connectivity index (χ1n) is 11.7. The molecule has 200 valence electrons. The molecule has 0 aliphatic carbocycles. The van der Waals surface area contributed by atoms with Crippen LogP contribution in [0.1, 0.15) is 40.4 Å². The van der Waals surface area contributed by atoms with Crippen LogP contribution < -0.4 is 61.7 Å². The van der Waals surface area contributed by atoms with E-state index in [1.807, 2.05) is 18.2 Å². The molecular formula is C28H29ClKN3O6. The summed E-state index contributed by atoms with van der Waals surface area (Å²) in [6.45, 7) is 1.83. The minimum absolute atomic E-state index is 0. The van der Waals surface area contributed by atoms with Crippen LogP contribution in [0.2, 0.25) is 5.02 Å². The number of nitrogens with one attached hydrogen (secondary N) is 1. The van der Waals surface area contributed by atoms with Crippen molar-refractivity contribution in [1.82, 2.24) is 9.55 Å². The third-order valence-electron chi connectivity index (χ3n) is 5.87. The van der Waals surface area contributed by atoms with Crippen molar-refractivity contribution >= 4 is 40.3 Å². The van der Waals surface area contributed by atoms with E-state index in [-0.39, 0.29) is 62.7 Å². The van der Waals surface area contributed by atoms with Crippen LogP contribution in [0.15, 0.2) is 59.5 Å². The molecule has 0 radical (unpaired) electrons. The summed E-state index contributed by atoms with van der Waals surface area (Å²) in [6.07, 6.45) is 2.18. The van der Waals surface area contributed by atoms with Crippen LogP contribution in [0, 0.1) is 0 Å². The maximum absolute atomic E-state index is 13.3. The Hall–Kier alpha value is -2.28. The van der Waals surface area contributed by atoms with Crippen molar-refractivity contribution in [2.75, 3.05) is 27.9 Å². The summed E-state index contributed by atoms with van der Waals surface area (Å²) in [5.41, 5.74) is 3.03. The van der Waals surface area contributed by atoms with Gasteiger partial charge in [-0.05, 0) is 60.8 Å². The molecule has 0 saturated heterocycles. The number of aliphatic hydroxyl groups excluding tert-OH is 1. The van der Waals surface area contributed by atoms with Gasteiger partial charge in [-0.1, -0.05) is 23.7 Å². The van der Waals surface area contributed by atoms with Gasteiger partial charge in [0.25, 0.3) is 0 Å². The number of ketones is 1. The number of carbonyl (C=O) groups excluding carboxylic acids is 2. The zero-order valence-electron chi connectivity index (χ0n) is 22.5. The van der Waals surface area contributed by atoms with Crippen LogP contribution in [0.25, 0.3) is 27.3 Å². The van der Waals surface area contributed by atoms with E-state index in [2.05, 4.69) is 4.98 Å². The molecule has 0 aliphatic heterocycles. The molecule has 2 heterocycles. The number of carbonyl (C=O) groups is 2. The fourth-order valence-electron chi connectivity index (χ4n) is 4.13. The van der Waals surface area contributed by atoms with Gasteiger partial charge in [-0.25, -0.2) is 0 Å². The maximum Gasteiger partial charge on any atom is 1.00 e. The van der Waals surface area contributed by atoms with Gasteiger partial charge in [0.05, 0.1) is 12.8 Å². The molecule has 2 aromatic carbocycles. The van der Waals surface area contributed by atoms with Crippen LogP contribution >= 0.6 is 11.6 Å². The summed E-state index contributed by atoms with van der Waals surface area (Å²) in [5.74, 6) is 0.243. The van der Waals surface area contributed by atoms with Gasteiger partial charge in [-0.2, -0.15) is 0 Å². The van der Waals surface area contributed by atoms with Gasteiger partial charge in [0.1, 0.15) is 5.75 Å². The molecule has 9 nitrogen and oxygen atoms in total. The minimum Gasteiger partial charge on any atom is -0.665 e. The first-order valence-corrected chi connectivity index (χ1v) is 12.1. The number of benzene rings is 2. The number of ether oxygens (including phenoxy) is 2. The largest absolute Gasteiger partial charge is 1.00 e. The summed E-state index contributed by atoms with van der Waals surface area (Å²) in [5, 5.41) is 13.1. The Morgan fingerprint density at radius 3 is 2.51 bits per heavy atom. The minimum atomic E-state index is -0.589. The second-order valence-corrected chi connectivity index (χ2v) is 8.69. The number of methoxy groups -OCH3 is 2. The average Bonchev–Trinajstić information content (AvgIpc) is 3.34. The van der Waals surface area contributed by atoms with Crippen LogP contribution in [-0.4, -0.2) is 54.7 Å². The van der Waals surface area contributed by atoms with Crippen LogP contribution in [0.4, 0.5) is 5.69 Å². The van der Waals surface area contributed by atoms with Crippen molar-refractivity contribution in [1.29, 1.82) is 0 Å². The number of halogens is 1. The van der Waals surface area contributed by atoms with E-state index in [9.17, 15) is 14.4 Å². The second-order valence-electron chi connectivity index (χ2n) is 8.25. The summed E-state index contributed by atoms with van der Waals surface area (Å²) in [4.78, 5) is 39.7. The Balaban J connectivity index is 0.00000174. The molecule has 4 aromatic rings. The molecule has 1 unspecified atom stereocenters. The normalized spacial score (nSPS) is 11.1. The fourth-order valence-corrected chi connectivity index (χ4v) is 4.30. The molecule has 0 fully saturated rings. The number of fused-ring (bicyclic) bond motifs is 1. The number of pyridine rings is 1. The number of H-pyrrole nitrogens is 1. The zero-order valence-corrected chi connectivity index (χ0v) is 26.4. The molecular weight excluding hydrogens is 549 g/mol. The van der Waals surface area contributed by atoms with Gasteiger partial charge < -0.3 is 29.4 Å². The van der Waals surface area contributed by atoms with Gasteiger partial charge >= 0.3 is 51.4 Å². The molecule has 0 aliphatic rings.